The summed E-state index contributed by atoms with van der Waals surface area (Å²) < 4.78 is 0. The molecule has 0 fully saturated rings. The van der Waals surface area contributed by atoms with Gasteiger partial charge >= 0.3 is 0 Å². The molecule has 0 amide bonds. The van der Waals surface area contributed by atoms with Gasteiger partial charge in [-0.05, 0) is 0 Å². The van der Waals surface area contributed by atoms with E-state index in [1.165, 1.54) is 0 Å². The van der Waals surface area contributed by atoms with Crippen molar-refractivity contribution in [3.8, 4) is 0 Å². The number of hydrogen-bond acceptors (Lipinski definition) is 0. The Hall–Kier alpha value is 2.21. The van der Waals surface area contributed by atoms with Crippen LogP contribution in [-0.4, -0.2) is 0 Å². The van der Waals surface area contributed by atoms with E-state index in [9.17, 15) is 0 Å². The summed E-state index contributed by atoms with van der Waals surface area (Å²) in [6, 6.07) is 0. The van der Waals surface area contributed by atoms with E-state index in [4.69, 9.17) is 0 Å². The fourth-order valence-electron chi connectivity index (χ4n) is 0.607. The van der Waals surface area contributed by atoms with Crippen LogP contribution in [0.5, 0.6) is 0 Å². The Balaban J connectivity index is -0.0000000408. The Bertz CT molecular complexity index is 47.8. The molecule has 2 unspecified atom stereocenters. The molecule has 0 bridgehead atoms. The number of hydrogen-bond donors (Lipinski definition) is 0. The first kappa shape index (κ1) is 29.2. The van der Waals surface area contributed by atoms with Crippen LogP contribution in [0.3, 0.4) is 0 Å². The van der Waals surface area contributed by atoms with Crippen molar-refractivity contribution in [2.75, 3.05) is 0 Å². The van der Waals surface area contributed by atoms with Crippen molar-refractivity contribution in [3.05, 3.63) is 27.7 Å². The quantitative estimate of drug-likeness (QED) is 0.697. The van der Waals surface area contributed by atoms with Crippen molar-refractivity contribution in [2.45, 2.75) is 27.7 Å². The third-order valence-electron chi connectivity index (χ3n) is 1.88. The first-order chi connectivity index (χ1) is 3.72. The predicted molar refractivity (Wildman–Crippen MR) is 51.1 cm³/mol. The van der Waals surface area contributed by atoms with E-state index in [-0.39, 0.29) is 80.3 Å². The molecule has 2 heteroatoms. The molecule has 0 spiro atoms. The predicted octanol–water partition coefficient (Wildman–Crippen LogP) is 3.60. The van der Waals surface area contributed by atoms with Crippen LogP contribution in [0.2, 0.25) is 0 Å². The van der Waals surface area contributed by atoms with Crippen LogP contribution in [-0.2, 0) is 65.4 Å². The van der Waals surface area contributed by atoms with Gasteiger partial charge in [0.2, 0.25) is 0 Å². The molecule has 0 aromatic heterocycles. The molecule has 2 atom stereocenters. The molecular weight excluding hydrogens is 298 g/mol. The molecule has 0 saturated carbocycles. The van der Waals surface area contributed by atoms with E-state index >= 15 is 0 Å². The van der Waals surface area contributed by atoms with Gasteiger partial charge in [0.1, 0.15) is 0 Å². The van der Waals surface area contributed by atoms with Gasteiger partial charge in [0.15, 0.2) is 0 Å². The summed E-state index contributed by atoms with van der Waals surface area (Å²) in [7, 11) is 0. The van der Waals surface area contributed by atoms with Crippen LogP contribution >= 0.6 is 0 Å². The van der Waals surface area contributed by atoms with E-state index < -0.39 is 0 Å². The molecule has 12 heavy (non-hydrogen) atoms. The van der Waals surface area contributed by atoms with Crippen molar-refractivity contribution in [2.24, 2.45) is 11.8 Å². The molecule has 0 saturated heterocycles. The van der Waals surface area contributed by atoms with Crippen LogP contribution < -0.4 is 0 Å². The average molecular weight is 320 g/mol. The third-order valence-corrected chi connectivity index (χ3v) is 1.88. The van der Waals surface area contributed by atoms with Crippen LogP contribution in [0.15, 0.2) is 0 Å². The minimum Gasteiger partial charge on any atom is -0.358 e. The number of rotatable bonds is 3. The average Bonchev–Trinajstić information content (AvgIpc) is 1.84. The van der Waals surface area contributed by atoms with Gasteiger partial charge in [-0.1, -0.05) is 13.8 Å². The first-order valence-electron chi connectivity index (χ1n) is 3.31. The molecule has 0 N–H and O–H groups in total. The summed E-state index contributed by atoms with van der Waals surface area (Å²) in [5.74, 6) is 1.47. The molecule has 0 nitrogen and oxygen atoms in total. The Kier molecular flexibility index (Phi) is 46.0. The molecular formula is C10H22Y2-4. The first-order valence-corrected chi connectivity index (χ1v) is 3.31. The van der Waals surface area contributed by atoms with E-state index in [0.29, 0.717) is 0 Å². The van der Waals surface area contributed by atoms with Crippen molar-refractivity contribution in [1.82, 2.24) is 0 Å². The van der Waals surface area contributed by atoms with Gasteiger partial charge in [0, 0.05) is 65.4 Å². The van der Waals surface area contributed by atoms with Crippen LogP contribution in [0.4, 0.5) is 0 Å². The van der Waals surface area contributed by atoms with Crippen molar-refractivity contribution >= 4 is 0 Å². The summed E-state index contributed by atoms with van der Waals surface area (Å²) in [6.07, 6.45) is 4.48. The van der Waals surface area contributed by atoms with Crippen molar-refractivity contribution in [3.63, 3.8) is 0 Å². The standard InChI is InChI=1S/C8H16.2CH3.2Y/c1-5-7(3)8(4)6-2;;;;/h5-8H,1-4H3;2*1H3;;/q-2;2*-1;;. The van der Waals surface area contributed by atoms with Gasteiger partial charge in [-0.2, -0.15) is 25.7 Å². The minimum atomic E-state index is 0. The zero-order valence-electron chi connectivity index (χ0n) is 9.46. The monoisotopic (exact) mass is 320 g/mol. The summed E-state index contributed by atoms with van der Waals surface area (Å²) in [5, 5.41) is 0. The summed E-state index contributed by atoms with van der Waals surface area (Å²) in [6.45, 7) is 8.71. The SMILES string of the molecule is C[CH-]C(C)C(C)[CH-]C.[CH3-].[CH3-].[Y].[Y]. The van der Waals surface area contributed by atoms with Crippen molar-refractivity contribution < 1.29 is 65.4 Å². The normalized spacial score (nSPS) is 12.0. The van der Waals surface area contributed by atoms with Crippen molar-refractivity contribution in [1.29, 1.82) is 0 Å². The molecule has 72 valence electrons. The molecule has 0 aliphatic heterocycles. The Labute approximate surface area is 131 Å². The molecule has 0 rings (SSSR count). The van der Waals surface area contributed by atoms with Crippen LogP contribution in [0, 0.1) is 39.5 Å². The molecule has 0 aliphatic rings. The molecule has 2 radical (unpaired) electrons. The second kappa shape index (κ2) is 18.9. The van der Waals surface area contributed by atoms with Gasteiger partial charge in [0.25, 0.3) is 0 Å². The maximum Gasteiger partial charge on any atom is 0 e. The van der Waals surface area contributed by atoms with Gasteiger partial charge in [0.05, 0.1) is 0 Å². The van der Waals surface area contributed by atoms with Gasteiger partial charge in [-0.25, -0.2) is 0 Å². The van der Waals surface area contributed by atoms with E-state index in [2.05, 4.69) is 40.5 Å². The van der Waals surface area contributed by atoms with Crippen LogP contribution in [0.25, 0.3) is 0 Å². The molecule has 0 aliphatic carbocycles. The Morgan fingerprint density at radius 2 is 0.917 bits per heavy atom. The fraction of sp³-hybridized carbons (Fsp3) is 0.600. The Morgan fingerprint density at radius 1 is 0.750 bits per heavy atom. The zero-order chi connectivity index (χ0) is 6.57. The van der Waals surface area contributed by atoms with Gasteiger partial charge < -0.3 is 27.7 Å². The third kappa shape index (κ3) is 14.7. The largest absolute Gasteiger partial charge is 0.358 e. The zero-order valence-corrected chi connectivity index (χ0v) is 15.1. The van der Waals surface area contributed by atoms with E-state index in [1.54, 1.807) is 0 Å². The maximum atomic E-state index is 2.24. The minimum absolute atomic E-state index is 0. The molecule has 0 aromatic carbocycles. The van der Waals surface area contributed by atoms with Gasteiger partial charge in [-0.3, -0.25) is 0 Å². The Morgan fingerprint density at radius 3 is 1.00 bits per heavy atom. The second-order valence-corrected chi connectivity index (χ2v) is 2.38. The van der Waals surface area contributed by atoms with Crippen LogP contribution in [0.1, 0.15) is 27.7 Å². The molecule has 0 aromatic rings. The summed E-state index contributed by atoms with van der Waals surface area (Å²) >= 11 is 0. The second-order valence-electron chi connectivity index (χ2n) is 2.38. The van der Waals surface area contributed by atoms with E-state index in [0.717, 1.165) is 11.8 Å². The fourth-order valence-corrected chi connectivity index (χ4v) is 0.607. The summed E-state index contributed by atoms with van der Waals surface area (Å²) in [5.41, 5.74) is 0. The topological polar surface area (TPSA) is 0 Å². The van der Waals surface area contributed by atoms with E-state index in [1.807, 2.05) is 0 Å². The maximum absolute atomic E-state index is 2.24. The molecule has 0 heterocycles. The summed E-state index contributed by atoms with van der Waals surface area (Å²) in [4.78, 5) is 0. The smallest absolute Gasteiger partial charge is 0 e. The van der Waals surface area contributed by atoms with Gasteiger partial charge in [-0.15, -0.1) is 0 Å².